The van der Waals surface area contributed by atoms with Gasteiger partial charge < -0.3 is 15.3 Å². The molecule has 0 saturated carbocycles. The van der Waals surface area contributed by atoms with Crippen LogP contribution in [0.15, 0.2) is 42.5 Å². The van der Waals surface area contributed by atoms with Crippen LogP contribution in [-0.4, -0.2) is 58.1 Å². The number of Topliss-reactive ketones (excluding diaryl/α,β-unsaturated/α-hetero) is 2. The Bertz CT molecular complexity index is 1140. The van der Waals surface area contributed by atoms with Gasteiger partial charge in [-0.3, -0.25) is 19.2 Å². The average Bonchev–Trinajstić information content (AvgIpc) is 3.14. The van der Waals surface area contributed by atoms with Gasteiger partial charge in [-0.2, -0.15) is 0 Å². The number of aliphatic carboxylic acids is 1. The number of carboxylic acid groups (broad SMARTS) is 1. The van der Waals surface area contributed by atoms with Crippen LogP contribution < -0.4 is 5.32 Å². The van der Waals surface area contributed by atoms with E-state index in [4.69, 9.17) is 0 Å². The van der Waals surface area contributed by atoms with Gasteiger partial charge >= 0.3 is 5.97 Å². The summed E-state index contributed by atoms with van der Waals surface area (Å²) in [6, 6.07) is 9.85. The zero-order chi connectivity index (χ0) is 25.0. The fourth-order valence-electron chi connectivity index (χ4n) is 3.95. The van der Waals surface area contributed by atoms with Crippen LogP contribution >= 0.6 is 0 Å². The quantitative estimate of drug-likeness (QED) is 0.518. The maximum absolute atomic E-state index is 13.2. The van der Waals surface area contributed by atoms with E-state index in [1.165, 1.54) is 11.8 Å². The Morgan fingerprint density at radius 1 is 1.09 bits per heavy atom. The van der Waals surface area contributed by atoms with E-state index < -0.39 is 42.8 Å². The van der Waals surface area contributed by atoms with Crippen molar-refractivity contribution in [3.8, 4) is 11.1 Å². The molecule has 0 saturated heterocycles. The van der Waals surface area contributed by atoms with Crippen molar-refractivity contribution in [1.82, 2.24) is 10.2 Å². The molecular formula is C25H25FN2O6. The normalized spacial score (nSPS) is 14.3. The van der Waals surface area contributed by atoms with Crippen molar-refractivity contribution in [3.05, 3.63) is 59.2 Å². The minimum absolute atomic E-state index is 0.0468. The van der Waals surface area contributed by atoms with Gasteiger partial charge in [0.15, 0.2) is 11.6 Å². The lowest BCUT2D eigenvalue weighted by Crippen LogP contribution is -2.52. The van der Waals surface area contributed by atoms with E-state index in [0.717, 1.165) is 16.7 Å². The van der Waals surface area contributed by atoms with Gasteiger partial charge in [-0.1, -0.05) is 43.3 Å². The molecule has 9 heteroatoms. The number of nitrogens with zero attached hydrogens (tertiary/aromatic N) is 1. The highest BCUT2D eigenvalue weighted by Gasteiger charge is 2.37. The number of amides is 2. The van der Waals surface area contributed by atoms with Crippen molar-refractivity contribution in [2.24, 2.45) is 0 Å². The maximum Gasteiger partial charge on any atom is 0.326 e. The van der Waals surface area contributed by atoms with Crippen LogP contribution in [0.5, 0.6) is 0 Å². The Balaban J connectivity index is 1.79. The smallest absolute Gasteiger partial charge is 0.326 e. The number of hydrogen-bond donors (Lipinski definition) is 2. The molecule has 8 nitrogen and oxygen atoms in total. The van der Waals surface area contributed by atoms with Crippen LogP contribution in [0.2, 0.25) is 0 Å². The molecule has 2 N–H and O–H groups in total. The topological polar surface area (TPSA) is 121 Å². The summed E-state index contributed by atoms with van der Waals surface area (Å²) in [4.78, 5) is 61.6. The highest BCUT2D eigenvalue weighted by Crippen LogP contribution is 2.30. The third-order valence-corrected chi connectivity index (χ3v) is 5.83. The Morgan fingerprint density at radius 3 is 2.29 bits per heavy atom. The highest BCUT2D eigenvalue weighted by molar-refractivity contribution is 6.02. The number of rotatable bonds is 10. The highest BCUT2D eigenvalue weighted by atomic mass is 19.1. The largest absolute Gasteiger partial charge is 0.480 e. The number of carboxylic acids is 1. The second-order valence-electron chi connectivity index (χ2n) is 8.14. The molecule has 2 unspecified atom stereocenters. The number of carbonyl (C=O) groups excluding carboxylic acids is 4. The lowest BCUT2D eigenvalue weighted by Gasteiger charge is -2.27. The van der Waals surface area contributed by atoms with Crippen molar-refractivity contribution in [3.63, 3.8) is 0 Å². The summed E-state index contributed by atoms with van der Waals surface area (Å²) in [6.07, 6.45) is -0.456. The van der Waals surface area contributed by atoms with E-state index in [0.29, 0.717) is 11.1 Å². The average molecular weight is 468 g/mol. The molecule has 0 aliphatic carbocycles. The molecule has 178 valence electrons. The summed E-state index contributed by atoms with van der Waals surface area (Å²) in [5, 5.41) is 11.5. The van der Waals surface area contributed by atoms with Gasteiger partial charge in [0.25, 0.3) is 5.91 Å². The number of ketones is 2. The first-order valence-corrected chi connectivity index (χ1v) is 10.8. The molecule has 2 aromatic rings. The number of halogens is 1. The molecule has 0 bridgehead atoms. The molecule has 0 spiro atoms. The minimum Gasteiger partial charge on any atom is -0.480 e. The van der Waals surface area contributed by atoms with Gasteiger partial charge in [0.1, 0.15) is 18.8 Å². The second-order valence-corrected chi connectivity index (χ2v) is 8.14. The van der Waals surface area contributed by atoms with Gasteiger partial charge in [0.2, 0.25) is 5.91 Å². The molecule has 1 heterocycles. The standard InChI is InChI=1S/C25H25FN2O6/c1-3-22(23(31)27-21(25(33)34)11-19(30)12-26)28-13-18-9-8-17(10-20(18)24(28)32)16-6-4-15(5-7-16)14(2)29/h4-10,21-22H,3,11-13H2,1-2H3,(H,27,31)(H,33,34). The summed E-state index contributed by atoms with van der Waals surface area (Å²) in [5.74, 6) is -3.53. The third kappa shape index (κ3) is 5.19. The minimum atomic E-state index is -1.57. The molecule has 2 atom stereocenters. The molecule has 1 aliphatic heterocycles. The summed E-state index contributed by atoms with van der Waals surface area (Å²) >= 11 is 0. The van der Waals surface area contributed by atoms with Gasteiger partial charge in [-0.15, -0.1) is 0 Å². The Hall–Kier alpha value is -3.88. The Kier molecular flexibility index (Phi) is 7.55. The fraction of sp³-hybridized carbons (Fsp3) is 0.320. The molecule has 2 aromatic carbocycles. The zero-order valence-electron chi connectivity index (χ0n) is 18.8. The molecular weight excluding hydrogens is 443 g/mol. The Labute approximate surface area is 195 Å². The number of fused-ring (bicyclic) bond motifs is 1. The summed E-state index contributed by atoms with van der Waals surface area (Å²) < 4.78 is 12.5. The number of alkyl halides is 1. The monoisotopic (exact) mass is 468 g/mol. The fourth-order valence-corrected chi connectivity index (χ4v) is 3.95. The van der Waals surface area contributed by atoms with Crippen LogP contribution in [0.1, 0.15) is 53.0 Å². The van der Waals surface area contributed by atoms with Crippen molar-refractivity contribution in [2.45, 2.75) is 45.3 Å². The van der Waals surface area contributed by atoms with Crippen molar-refractivity contribution < 1.29 is 33.5 Å². The summed E-state index contributed by atoms with van der Waals surface area (Å²) in [7, 11) is 0. The molecule has 1 aliphatic rings. The predicted molar refractivity (Wildman–Crippen MR) is 121 cm³/mol. The van der Waals surface area contributed by atoms with E-state index in [9.17, 15) is 33.5 Å². The SMILES string of the molecule is CCC(C(=O)NC(CC(=O)CF)C(=O)O)N1Cc2ccc(-c3ccc(C(C)=O)cc3)cc2C1=O. The molecule has 3 rings (SSSR count). The Morgan fingerprint density at radius 2 is 1.74 bits per heavy atom. The van der Waals surface area contributed by atoms with E-state index in [1.54, 1.807) is 43.3 Å². The van der Waals surface area contributed by atoms with E-state index in [2.05, 4.69) is 5.32 Å². The molecule has 2 amide bonds. The molecule has 0 fully saturated rings. The number of carbonyl (C=O) groups is 5. The van der Waals surface area contributed by atoms with Gasteiger partial charge in [0, 0.05) is 24.1 Å². The van der Waals surface area contributed by atoms with E-state index >= 15 is 0 Å². The second kappa shape index (κ2) is 10.4. The first-order valence-electron chi connectivity index (χ1n) is 10.8. The lowest BCUT2D eigenvalue weighted by atomic mass is 9.99. The van der Waals surface area contributed by atoms with Crippen molar-refractivity contribution in [2.75, 3.05) is 6.67 Å². The number of hydrogen-bond acceptors (Lipinski definition) is 5. The third-order valence-electron chi connectivity index (χ3n) is 5.83. The van der Waals surface area contributed by atoms with E-state index in [-0.39, 0.29) is 24.7 Å². The van der Waals surface area contributed by atoms with Crippen LogP contribution in [0.25, 0.3) is 11.1 Å². The van der Waals surface area contributed by atoms with Crippen molar-refractivity contribution in [1.29, 1.82) is 0 Å². The van der Waals surface area contributed by atoms with Crippen molar-refractivity contribution >= 4 is 29.4 Å². The lowest BCUT2D eigenvalue weighted by molar-refractivity contribution is -0.144. The number of nitrogens with one attached hydrogen (secondary N) is 1. The van der Waals surface area contributed by atoms with Crippen LogP contribution in [0.3, 0.4) is 0 Å². The zero-order valence-corrected chi connectivity index (χ0v) is 18.8. The van der Waals surface area contributed by atoms with Crippen LogP contribution in [-0.2, 0) is 20.9 Å². The molecule has 0 radical (unpaired) electrons. The van der Waals surface area contributed by atoms with Gasteiger partial charge in [0.05, 0.1) is 0 Å². The maximum atomic E-state index is 13.2. The van der Waals surface area contributed by atoms with Crippen LogP contribution in [0, 0.1) is 0 Å². The molecule has 34 heavy (non-hydrogen) atoms. The van der Waals surface area contributed by atoms with Gasteiger partial charge in [-0.25, -0.2) is 9.18 Å². The molecule has 0 aromatic heterocycles. The van der Waals surface area contributed by atoms with E-state index in [1.807, 2.05) is 6.07 Å². The number of benzene rings is 2. The first-order chi connectivity index (χ1) is 16.2. The van der Waals surface area contributed by atoms with Gasteiger partial charge in [-0.05, 0) is 36.1 Å². The summed E-state index contributed by atoms with van der Waals surface area (Å²) in [6.45, 7) is 2.02. The summed E-state index contributed by atoms with van der Waals surface area (Å²) in [5.41, 5.74) is 3.34. The predicted octanol–water partition coefficient (Wildman–Crippen LogP) is 2.79. The first kappa shape index (κ1) is 24.8. The van der Waals surface area contributed by atoms with Crippen LogP contribution in [0.4, 0.5) is 4.39 Å².